The minimum Gasteiger partial charge on any atom is -0.480 e. The van der Waals surface area contributed by atoms with Crippen LogP contribution in [-0.2, 0) is 4.79 Å². The number of carbonyl (C=O) groups is 2. The first-order chi connectivity index (χ1) is 8.86. The van der Waals surface area contributed by atoms with Gasteiger partial charge in [-0.25, -0.2) is 9.59 Å². The van der Waals surface area contributed by atoms with E-state index in [4.69, 9.17) is 0 Å². The summed E-state index contributed by atoms with van der Waals surface area (Å²) in [5.74, 6) is -0.636. The van der Waals surface area contributed by atoms with E-state index in [-0.39, 0.29) is 11.9 Å². The van der Waals surface area contributed by atoms with Gasteiger partial charge in [0.25, 0.3) is 0 Å². The van der Waals surface area contributed by atoms with Crippen molar-refractivity contribution < 1.29 is 14.7 Å². The first-order valence-corrected chi connectivity index (χ1v) is 7.16. The molecular weight excluding hydrogens is 244 g/mol. The molecular formula is C14H26N2O3. The molecule has 0 aromatic carbocycles. The highest BCUT2D eigenvalue weighted by atomic mass is 16.4. The second kappa shape index (κ2) is 6.78. The van der Waals surface area contributed by atoms with Crippen molar-refractivity contribution >= 4 is 12.0 Å². The van der Waals surface area contributed by atoms with Gasteiger partial charge in [0.2, 0.25) is 0 Å². The number of amides is 2. The Kier molecular flexibility index (Phi) is 5.63. The Bertz CT molecular complexity index is 327. The molecule has 0 heterocycles. The van der Waals surface area contributed by atoms with Crippen LogP contribution in [0.4, 0.5) is 4.79 Å². The minimum atomic E-state index is -0.956. The fraction of sp³-hybridized carbons (Fsp3) is 0.857. The molecule has 110 valence electrons. The van der Waals surface area contributed by atoms with Crippen LogP contribution in [0.2, 0.25) is 0 Å². The number of urea groups is 1. The van der Waals surface area contributed by atoms with E-state index in [9.17, 15) is 14.7 Å². The van der Waals surface area contributed by atoms with Crippen LogP contribution >= 0.6 is 0 Å². The van der Waals surface area contributed by atoms with Gasteiger partial charge in [0.05, 0.1) is 0 Å². The first-order valence-electron chi connectivity index (χ1n) is 7.16. The van der Waals surface area contributed by atoms with Crippen molar-refractivity contribution in [1.29, 1.82) is 0 Å². The Morgan fingerprint density at radius 1 is 1.32 bits per heavy atom. The Balaban J connectivity index is 2.65. The Morgan fingerprint density at radius 3 is 2.26 bits per heavy atom. The minimum absolute atomic E-state index is 0.0680. The molecule has 0 aromatic rings. The van der Waals surface area contributed by atoms with Crippen molar-refractivity contribution in [3.63, 3.8) is 0 Å². The van der Waals surface area contributed by atoms with Gasteiger partial charge in [-0.05, 0) is 24.7 Å². The number of aliphatic carboxylic acids is 1. The molecule has 0 aromatic heterocycles. The summed E-state index contributed by atoms with van der Waals surface area (Å²) in [4.78, 5) is 25.3. The van der Waals surface area contributed by atoms with Crippen molar-refractivity contribution in [1.82, 2.24) is 10.2 Å². The summed E-state index contributed by atoms with van der Waals surface area (Å²) in [5, 5.41) is 11.9. The lowest BCUT2D eigenvalue weighted by molar-refractivity contribution is -0.140. The fourth-order valence-corrected chi connectivity index (χ4v) is 2.08. The van der Waals surface area contributed by atoms with E-state index in [1.807, 2.05) is 13.8 Å². The quantitative estimate of drug-likeness (QED) is 0.746. The van der Waals surface area contributed by atoms with Gasteiger partial charge in [-0.2, -0.15) is 0 Å². The molecule has 5 nitrogen and oxygen atoms in total. The molecule has 2 amide bonds. The van der Waals surface area contributed by atoms with Gasteiger partial charge in [-0.1, -0.05) is 34.1 Å². The van der Waals surface area contributed by atoms with Crippen LogP contribution in [0.25, 0.3) is 0 Å². The van der Waals surface area contributed by atoms with E-state index in [0.717, 1.165) is 19.3 Å². The number of carboxylic acids is 1. The predicted molar refractivity (Wildman–Crippen MR) is 74.0 cm³/mol. The standard InChI is InChI=1S/C14H26N2O3/c1-5-10(4)12(13(17)18)15-14(19)16(8-9(2)3)11-6-7-11/h9-12H,5-8H2,1-4H3,(H,15,19)(H,17,18)/t10-,12-/m0/s1. The largest absolute Gasteiger partial charge is 0.480 e. The van der Waals surface area contributed by atoms with E-state index in [1.165, 1.54) is 0 Å². The van der Waals surface area contributed by atoms with Crippen LogP contribution in [0, 0.1) is 11.8 Å². The lowest BCUT2D eigenvalue weighted by Gasteiger charge is -2.28. The number of rotatable bonds is 7. The SMILES string of the molecule is CC[C@H](C)[C@H](NC(=O)N(CC(C)C)C1CC1)C(=O)O. The zero-order valence-electron chi connectivity index (χ0n) is 12.3. The summed E-state index contributed by atoms with van der Waals surface area (Å²) in [6.07, 6.45) is 2.78. The van der Waals surface area contributed by atoms with E-state index in [2.05, 4.69) is 19.2 Å². The van der Waals surface area contributed by atoms with Gasteiger partial charge in [0.1, 0.15) is 6.04 Å². The van der Waals surface area contributed by atoms with Gasteiger partial charge >= 0.3 is 12.0 Å². The van der Waals surface area contributed by atoms with Crippen molar-refractivity contribution in [2.24, 2.45) is 11.8 Å². The van der Waals surface area contributed by atoms with E-state index in [1.54, 1.807) is 4.90 Å². The molecule has 5 heteroatoms. The summed E-state index contributed by atoms with van der Waals surface area (Å²) < 4.78 is 0. The van der Waals surface area contributed by atoms with Gasteiger partial charge in [-0.3, -0.25) is 0 Å². The molecule has 0 radical (unpaired) electrons. The molecule has 0 aliphatic heterocycles. The second-order valence-corrected chi connectivity index (χ2v) is 5.93. The second-order valence-electron chi connectivity index (χ2n) is 5.93. The predicted octanol–water partition coefficient (Wildman–Crippen LogP) is 2.32. The number of hydrogen-bond donors (Lipinski definition) is 2. The van der Waals surface area contributed by atoms with Crippen LogP contribution in [0.3, 0.4) is 0 Å². The number of hydrogen-bond acceptors (Lipinski definition) is 2. The molecule has 2 N–H and O–H groups in total. The molecule has 0 saturated heterocycles. The number of carboxylic acid groups (broad SMARTS) is 1. The highest BCUT2D eigenvalue weighted by Gasteiger charge is 2.35. The van der Waals surface area contributed by atoms with Crippen LogP contribution in [0.15, 0.2) is 0 Å². The molecule has 0 unspecified atom stereocenters. The molecule has 0 bridgehead atoms. The molecule has 0 spiro atoms. The molecule has 1 saturated carbocycles. The van der Waals surface area contributed by atoms with Gasteiger partial charge in [-0.15, -0.1) is 0 Å². The molecule has 1 fully saturated rings. The van der Waals surface area contributed by atoms with Crippen molar-refractivity contribution in [3.05, 3.63) is 0 Å². The molecule has 2 atom stereocenters. The zero-order chi connectivity index (χ0) is 14.6. The Labute approximate surface area is 115 Å². The average molecular weight is 270 g/mol. The van der Waals surface area contributed by atoms with E-state index >= 15 is 0 Å². The normalized spacial score (nSPS) is 17.9. The van der Waals surface area contributed by atoms with Gasteiger partial charge in [0.15, 0.2) is 0 Å². The highest BCUT2D eigenvalue weighted by Crippen LogP contribution is 2.27. The molecule has 19 heavy (non-hydrogen) atoms. The third kappa shape index (κ3) is 4.73. The Morgan fingerprint density at radius 2 is 1.89 bits per heavy atom. The topological polar surface area (TPSA) is 69.6 Å². The highest BCUT2D eigenvalue weighted by molar-refractivity contribution is 5.83. The first kappa shape index (κ1) is 15.8. The summed E-state index contributed by atoms with van der Waals surface area (Å²) in [5.41, 5.74) is 0. The summed E-state index contributed by atoms with van der Waals surface area (Å²) in [6.45, 7) is 8.59. The van der Waals surface area contributed by atoms with Crippen molar-refractivity contribution in [2.75, 3.05) is 6.54 Å². The third-order valence-corrected chi connectivity index (χ3v) is 3.57. The van der Waals surface area contributed by atoms with E-state index in [0.29, 0.717) is 18.5 Å². The molecule has 1 aliphatic carbocycles. The number of carbonyl (C=O) groups excluding carboxylic acids is 1. The zero-order valence-corrected chi connectivity index (χ0v) is 12.3. The van der Waals surface area contributed by atoms with Crippen LogP contribution < -0.4 is 5.32 Å². The maximum atomic E-state index is 12.2. The summed E-state index contributed by atoms with van der Waals surface area (Å²) >= 11 is 0. The van der Waals surface area contributed by atoms with Crippen molar-refractivity contribution in [3.8, 4) is 0 Å². The maximum absolute atomic E-state index is 12.2. The van der Waals surface area contributed by atoms with Gasteiger partial charge in [0, 0.05) is 12.6 Å². The smallest absolute Gasteiger partial charge is 0.326 e. The summed E-state index contributed by atoms with van der Waals surface area (Å²) in [6, 6.07) is -0.733. The summed E-state index contributed by atoms with van der Waals surface area (Å²) in [7, 11) is 0. The van der Waals surface area contributed by atoms with Crippen LogP contribution in [-0.4, -0.2) is 40.6 Å². The monoisotopic (exact) mass is 270 g/mol. The maximum Gasteiger partial charge on any atom is 0.326 e. The fourth-order valence-electron chi connectivity index (χ4n) is 2.08. The molecule has 1 rings (SSSR count). The van der Waals surface area contributed by atoms with Gasteiger partial charge < -0.3 is 15.3 Å². The Hall–Kier alpha value is -1.26. The van der Waals surface area contributed by atoms with Crippen LogP contribution in [0.5, 0.6) is 0 Å². The third-order valence-electron chi connectivity index (χ3n) is 3.57. The molecule has 1 aliphatic rings. The van der Waals surface area contributed by atoms with Crippen molar-refractivity contribution in [2.45, 2.75) is 59.0 Å². The van der Waals surface area contributed by atoms with Crippen LogP contribution in [0.1, 0.15) is 47.0 Å². The average Bonchev–Trinajstić information content (AvgIpc) is 3.15. The number of nitrogens with zero attached hydrogens (tertiary/aromatic N) is 1. The lowest BCUT2D eigenvalue weighted by atomic mass is 9.99. The lowest BCUT2D eigenvalue weighted by Crippen LogP contribution is -2.51. The number of nitrogens with one attached hydrogen (secondary N) is 1. The van der Waals surface area contributed by atoms with E-state index < -0.39 is 12.0 Å².